The number of nitrogens with one attached hydrogen (secondary N) is 2. The minimum absolute atomic E-state index is 0.0442. The molecule has 1 aromatic heterocycles. The highest BCUT2D eigenvalue weighted by Crippen LogP contribution is 2.27. The quantitative estimate of drug-likeness (QED) is 0.623. The number of urea groups is 1. The molecule has 0 aliphatic carbocycles. The molecule has 4 amide bonds. The first-order valence-corrected chi connectivity index (χ1v) is 10.6. The maximum Gasteiger partial charge on any atom is 0.322 e. The van der Waals surface area contributed by atoms with Gasteiger partial charge in [0.1, 0.15) is 5.54 Å². The second-order valence-corrected chi connectivity index (χ2v) is 8.27. The molecule has 0 spiro atoms. The lowest BCUT2D eigenvalue weighted by Gasteiger charge is -2.36. The zero-order valence-electron chi connectivity index (χ0n) is 17.7. The van der Waals surface area contributed by atoms with Crippen molar-refractivity contribution in [3.8, 4) is 0 Å². The predicted molar refractivity (Wildman–Crippen MR) is 120 cm³/mol. The molecule has 8 heteroatoms. The number of hydrogen-bond donors (Lipinski definition) is 2. The second-order valence-electron chi connectivity index (χ2n) is 8.27. The summed E-state index contributed by atoms with van der Waals surface area (Å²) >= 11 is 0. The molecular weight excluding hydrogens is 406 g/mol. The van der Waals surface area contributed by atoms with E-state index in [1.807, 2.05) is 29.4 Å². The van der Waals surface area contributed by atoms with E-state index in [2.05, 4.69) is 32.7 Å². The van der Waals surface area contributed by atoms with E-state index in [0.717, 1.165) is 29.5 Å². The van der Waals surface area contributed by atoms with Crippen molar-refractivity contribution in [2.75, 3.05) is 31.1 Å². The SMILES string of the molecule is CC1(c2ccc(C(=O)N3CCN(c4cncc5ccccc45)CC3)cc2)NC(=O)NC1=O. The Morgan fingerprint density at radius 3 is 2.38 bits per heavy atom. The molecule has 3 aromatic rings. The zero-order chi connectivity index (χ0) is 22.3. The third-order valence-electron chi connectivity index (χ3n) is 6.31. The van der Waals surface area contributed by atoms with Crippen molar-refractivity contribution in [3.05, 3.63) is 72.1 Å². The van der Waals surface area contributed by atoms with Crippen molar-refractivity contribution in [3.63, 3.8) is 0 Å². The number of rotatable bonds is 3. The summed E-state index contributed by atoms with van der Waals surface area (Å²) < 4.78 is 0. The number of fused-ring (bicyclic) bond motifs is 1. The molecule has 2 aliphatic rings. The van der Waals surface area contributed by atoms with Gasteiger partial charge in [0.2, 0.25) is 0 Å². The van der Waals surface area contributed by atoms with Crippen molar-refractivity contribution in [2.24, 2.45) is 0 Å². The number of hydrogen-bond acceptors (Lipinski definition) is 5. The topological polar surface area (TPSA) is 94.6 Å². The number of piperazine rings is 1. The van der Waals surface area contributed by atoms with Gasteiger partial charge in [0.15, 0.2) is 0 Å². The predicted octanol–water partition coefficient (Wildman–Crippen LogP) is 2.25. The lowest BCUT2D eigenvalue weighted by atomic mass is 9.91. The fourth-order valence-electron chi connectivity index (χ4n) is 4.38. The van der Waals surface area contributed by atoms with E-state index in [0.29, 0.717) is 24.2 Å². The molecule has 0 radical (unpaired) electrons. The first-order valence-electron chi connectivity index (χ1n) is 10.6. The number of amides is 4. The molecule has 2 fully saturated rings. The van der Waals surface area contributed by atoms with Crippen molar-refractivity contribution in [1.82, 2.24) is 20.5 Å². The van der Waals surface area contributed by atoms with Crippen molar-refractivity contribution in [1.29, 1.82) is 0 Å². The Labute approximate surface area is 185 Å². The number of nitrogens with zero attached hydrogens (tertiary/aromatic N) is 3. The Bertz CT molecular complexity index is 1210. The number of carbonyl (C=O) groups excluding carboxylic acids is 3. The van der Waals surface area contributed by atoms with E-state index in [4.69, 9.17) is 0 Å². The van der Waals surface area contributed by atoms with Gasteiger partial charge in [-0.2, -0.15) is 0 Å². The van der Waals surface area contributed by atoms with Gasteiger partial charge in [-0.15, -0.1) is 0 Å². The van der Waals surface area contributed by atoms with Crippen LogP contribution in [0, 0.1) is 0 Å². The van der Waals surface area contributed by atoms with E-state index in [1.165, 1.54) is 0 Å². The standard InChI is InChI=1S/C24H23N5O3/c1-24(22(31)26-23(32)27-24)18-8-6-16(7-9-18)21(30)29-12-10-28(11-13-29)20-15-25-14-17-4-2-3-5-19(17)20/h2-9,14-15H,10-13H2,1H3,(H2,26,27,31,32). The molecule has 1 atom stereocenters. The smallest absolute Gasteiger partial charge is 0.322 e. The normalized spacial score (nSPS) is 20.9. The van der Waals surface area contributed by atoms with Crippen LogP contribution in [0.1, 0.15) is 22.8 Å². The highest BCUT2D eigenvalue weighted by atomic mass is 16.2. The summed E-state index contributed by atoms with van der Waals surface area (Å²) in [6.07, 6.45) is 3.75. The molecular formula is C24H23N5O3. The minimum atomic E-state index is -1.13. The first kappa shape index (κ1) is 20.0. The van der Waals surface area contributed by atoms with Crippen LogP contribution in [0.5, 0.6) is 0 Å². The lowest BCUT2D eigenvalue weighted by Crippen LogP contribution is -2.49. The number of anilines is 1. The van der Waals surface area contributed by atoms with Gasteiger partial charge in [-0.05, 0) is 24.6 Å². The number of aromatic nitrogens is 1. The van der Waals surface area contributed by atoms with Gasteiger partial charge in [0, 0.05) is 48.7 Å². The summed E-state index contributed by atoms with van der Waals surface area (Å²) in [6, 6.07) is 14.5. The summed E-state index contributed by atoms with van der Waals surface area (Å²) in [5.74, 6) is -0.446. The monoisotopic (exact) mass is 429 g/mol. The van der Waals surface area contributed by atoms with Crippen LogP contribution in [-0.2, 0) is 10.3 Å². The van der Waals surface area contributed by atoms with Crippen LogP contribution < -0.4 is 15.5 Å². The summed E-state index contributed by atoms with van der Waals surface area (Å²) in [4.78, 5) is 45.1. The van der Waals surface area contributed by atoms with E-state index in [1.54, 1.807) is 31.2 Å². The van der Waals surface area contributed by atoms with E-state index in [9.17, 15) is 14.4 Å². The van der Waals surface area contributed by atoms with E-state index in [-0.39, 0.29) is 5.91 Å². The van der Waals surface area contributed by atoms with Crippen LogP contribution in [0.15, 0.2) is 60.9 Å². The van der Waals surface area contributed by atoms with Crippen LogP contribution in [0.3, 0.4) is 0 Å². The van der Waals surface area contributed by atoms with E-state index < -0.39 is 17.5 Å². The van der Waals surface area contributed by atoms with Crippen LogP contribution in [-0.4, -0.2) is 53.9 Å². The minimum Gasteiger partial charge on any atom is -0.366 e. The second kappa shape index (κ2) is 7.64. The van der Waals surface area contributed by atoms with Crippen LogP contribution in [0.4, 0.5) is 10.5 Å². The van der Waals surface area contributed by atoms with Gasteiger partial charge in [-0.3, -0.25) is 19.9 Å². The fourth-order valence-corrected chi connectivity index (χ4v) is 4.38. The average molecular weight is 429 g/mol. The van der Waals surface area contributed by atoms with Gasteiger partial charge < -0.3 is 15.1 Å². The molecule has 8 nitrogen and oxygen atoms in total. The molecule has 162 valence electrons. The molecule has 3 heterocycles. The molecule has 2 aromatic carbocycles. The zero-order valence-corrected chi connectivity index (χ0v) is 17.7. The number of imide groups is 1. The van der Waals surface area contributed by atoms with Gasteiger partial charge in [-0.25, -0.2) is 4.79 Å². The fraction of sp³-hybridized carbons (Fsp3) is 0.250. The highest BCUT2D eigenvalue weighted by Gasteiger charge is 2.43. The van der Waals surface area contributed by atoms with Crippen molar-refractivity contribution in [2.45, 2.75) is 12.5 Å². The molecule has 1 unspecified atom stereocenters. The molecule has 2 aliphatic heterocycles. The first-order chi connectivity index (χ1) is 15.5. The molecule has 2 saturated heterocycles. The maximum atomic E-state index is 13.0. The van der Waals surface area contributed by atoms with Crippen molar-refractivity contribution >= 4 is 34.3 Å². The average Bonchev–Trinajstić information content (AvgIpc) is 3.10. The Hall–Kier alpha value is -3.94. The maximum absolute atomic E-state index is 13.0. The third-order valence-corrected chi connectivity index (χ3v) is 6.31. The highest BCUT2D eigenvalue weighted by molar-refractivity contribution is 6.07. The van der Waals surface area contributed by atoms with Gasteiger partial charge >= 0.3 is 6.03 Å². The number of carbonyl (C=O) groups is 3. The molecule has 2 N–H and O–H groups in total. The molecule has 5 rings (SSSR count). The largest absolute Gasteiger partial charge is 0.366 e. The molecule has 0 saturated carbocycles. The van der Waals surface area contributed by atoms with E-state index >= 15 is 0 Å². The van der Waals surface area contributed by atoms with Gasteiger partial charge in [0.05, 0.1) is 11.9 Å². The number of pyridine rings is 1. The third kappa shape index (κ3) is 3.33. The Morgan fingerprint density at radius 2 is 1.69 bits per heavy atom. The summed E-state index contributed by atoms with van der Waals surface area (Å²) in [5.41, 5.74) is 1.15. The van der Waals surface area contributed by atoms with Gasteiger partial charge in [-0.1, -0.05) is 36.4 Å². The Morgan fingerprint density at radius 1 is 0.969 bits per heavy atom. The molecule has 32 heavy (non-hydrogen) atoms. The summed E-state index contributed by atoms with van der Waals surface area (Å²) in [5, 5.41) is 7.15. The summed E-state index contributed by atoms with van der Waals surface area (Å²) in [6.45, 7) is 4.32. The Kier molecular flexibility index (Phi) is 4.77. The van der Waals surface area contributed by atoms with Crippen LogP contribution in [0.25, 0.3) is 10.8 Å². The molecule has 0 bridgehead atoms. The summed E-state index contributed by atoms with van der Waals surface area (Å²) in [7, 11) is 0. The van der Waals surface area contributed by atoms with Crippen LogP contribution in [0.2, 0.25) is 0 Å². The lowest BCUT2D eigenvalue weighted by molar-refractivity contribution is -0.123. The number of benzene rings is 2. The van der Waals surface area contributed by atoms with Crippen LogP contribution >= 0.6 is 0 Å². The Balaban J connectivity index is 1.28. The van der Waals surface area contributed by atoms with Gasteiger partial charge in [0.25, 0.3) is 11.8 Å². The van der Waals surface area contributed by atoms with Crippen molar-refractivity contribution < 1.29 is 14.4 Å².